The number of carbonyl (C=O) groups excluding carboxylic acids is 1. The topological polar surface area (TPSA) is 55.6 Å². The number of hydrogen-bond acceptors (Lipinski definition) is 3. The van der Waals surface area contributed by atoms with Crippen molar-refractivity contribution in [3.05, 3.63) is 35.4 Å². The van der Waals surface area contributed by atoms with Crippen molar-refractivity contribution in [1.29, 1.82) is 0 Å². The summed E-state index contributed by atoms with van der Waals surface area (Å²) in [6.45, 7) is 2.83. The Bertz CT molecular complexity index is 383. The van der Waals surface area contributed by atoms with Crippen molar-refractivity contribution in [1.82, 2.24) is 4.90 Å². The smallest absolute Gasteiger partial charge is 0.253 e. The number of nitrogens with two attached hydrogens (primary N) is 1. The fourth-order valence-corrected chi connectivity index (χ4v) is 2.04. The van der Waals surface area contributed by atoms with Crippen LogP contribution in [0.1, 0.15) is 15.9 Å². The third kappa shape index (κ3) is 2.65. The molecule has 1 saturated heterocycles. The molecule has 0 aliphatic carbocycles. The molecule has 1 fully saturated rings. The fraction of sp³-hybridized carbons (Fsp3) is 0.462. The summed E-state index contributed by atoms with van der Waals surface area (Å²) in [7, 11) is 1.69. The number of rotatable bonds is 4. The van der Waals surface area contributed by atoms with Crippen LogP contribution in [0.15, 0.2) is 24.3 Å². The molecule has 0 aromatic heterocycles. The van der Waals surface area contributed by atoms with Crippen LogP contribution in [0.4, 0.5) is 0 Å². The van der Waals surface area contributed by atoms with Crippen LogP contribution in [0.3, 0.4) is 0 Å². The Kier molecular flexibility index (Phi) is 3.76. The predicted molar refractivity (Wildman–Crippen MR) is 65.6 cm³/mol. The minimum Gasteiger partial charge on any atom is -0.384 e. The standard InChI is InChI=1S/C13H18N2O2/c1-17-9-11-7-15(8-11)13(16)12-4-2-10(6-14)3-5-12/h2-5,11H,6-9,14H2,1H3. The molecule has 1 aromatic rings. The van der Waals surface area contributed by atoms with Gasteiger partial charge in [-0.05, 0) is 17.7 Å². The van der Waals surface area contributed by atoms with Crippen molar-refractivity contribution in [3.63, 3.8) is 0 Å². The van der Waals surface area contributed by atoms with E-state index in [0.717, 1.165) is 30.8 Å². The monoisotopic (exact) mass is 234 g/mol. The first-order chi connectivity index (χ1) is 8.24. The minimum atomic E-state index is 0.0981. The summed E-state index contributed by atoms with van der Waals surface area (Å²) in [5, 5.41) is 0. The average Bonchev–Trinajstić information content (AvgIpc) is 2.32. The molecule has 0 atom stereocenters. The zero-order valence-corrected chi connectivity index (χ0v) is 10.1. The summed E-state index contributed by atoms with van der Waals surface area (Å²) in [6, 6.07) is 7.49. The number of carbonyl (C=O) groups is 1. The predicted octanol–water partition coefficient (Wildman–Crippen LogP) is 0.864. The molecule has 2 rings (SSSR count). The largest absolute Gasteiger partial charge is 0.384 e. The molecule has 1 amide bonds. The van der Waals surface area contributed by atoms with E-state index in [1.165, 1.54) is 0 Å². The Morgan fingerprint density at radius 2 is 2.06 bits per heavy atom. The van der Waals surface area contributed by atoms with Crippen LogP contribution in [0.25, 0.3) is 0 Å². The summed E-state index contributed by atoms with van der Waals surface area (Å²) in [5.74, 6) is 0.591. The summed E-state index contributed by atoms with van der Waals surface area (Å²) in [5.41, 5.74) is 7.29. The maximum atomic E-state index is 12.0. The Labute approximate surface area is 101 Å². The summed E-state index contributed by atoms with van der Waals surface area (Å²) in [4.78, 5) is 13.9. The van der Waals surface area contributed by atoms with Gasteiger partial charge in [0.2, 0.25) is 0 Å². The van der Waals surface area contributed by atoms with Crippen LogP contribution in [-0.4, -0.2) is 37.6 Å². The molecule has 4 heteroatoms. The van der Waals surface area contributed by atoms with Gasteiger partial charge in [0.1, 0.15) is 0 Å². The van der Waals surface area contributed by atoms with Gasteiger partial charge in [0.25, 0.3) is 5.91 Å². The zero-order chi connectivity index (χ0) is 12.3. The van der Waals surface area contributed by atoms with E-state index in [2.05, 4.69) is 0 Å². The summed E-state index contributed by atoms with van der Waals surface area (Å²) >= 11 is 0. The Morgan fingerprint density at radius 1 is 1.41 bits per heavy atom. The molecule has 92 valence electrons. The maximum absolute atomic E-state index is 12.0. The van der Waals surface area contributed by atoms with Gasteiger partial charge in [-0.1, -0.05) is 12.1 Å². The third-order valence-electron chi connectivity index (χ3n) is 3.08. The summed E-state index contributed by atoms with van der Waals surface area (Å²) < 4.78 is 5.06. The molecule has 0 spiro atoms. The molecular formula is C13H18N2O2. The van der Waals surface area contributed by atoms with Gasteiger partial charge in [0.05, 0.1) is 6.61 Å². The molecular weight excluding hydrogens is 216 g/mol. The second-order valence-electron chi connectivity index (χ2n) is 4.43. The fourth-order valence-electron chi connectivity index (χ4n) is 2.04. The van der Waals surface area contributed by atoms with Crippen molar-refractivity contribution < 1.29 is 9.53 Å². The SMILES string of the molecule is COCC1CN(C(=O)c2ccc(CN)cc2)C1. The molecule has 0 saturated carbocycles. The number of benzene rings is 1. The lowest BCUT2D eigenvalue weighted by Gasteiger charge is -2.38. The molecule has 1 aliphatic heterocycles. The quantitative estimate of drug-likeness (QED) is 0.840. The Balaban J connectivity index is 1.92. The van der Waals surface area contributed by atoms with E-state index in [9.17, 15) is 4.79 Å². The lowest BCUT2D eigenvalue weighted by atomic mass is 9.99. The summed E-state index contributed by atoms with van der Waals surface area (Å²) in [6.07, 6.45) is 0. The first-order valence-corrected chi connectivity index (χ1v) is 5.82. The van der Waals surface area contributed by atoms with Crippen molar-refractivity contribution in [2.75, 3.05) is 26.8 Å². The van der Waals surface area contributed by atoms with E-state index in [1.54, 1.807) is 7.11 Å². The number of likely N-dealkylation sites (tertiary alicyclic amines) is 1. The van der Waals surface area contributed by atoms with Gasteiger partial charge >= 0.3 is 0 Å². The van der Waals surface area contributed by atoms with Gasteiger partial charge in [0.15, 0.2) is 0 Å². The van der Waals surface area contributed by atoms with Crippen LogP contribution in [0, 0.1) is 5.92 Å². The van der Waals surface area contributed by atoms with Crippen LogP contribution < -0.4 is 5.73 Å². The van der Waals surface area contributed by atoms with E-state index in [-0.39, 0.29) is 5.91 Å². The molecule has 1 aliphatic rings. The lowest BCUT2D eigenvalue weighted by Crippen LogP contribution is -2.51. The van der Waals surface area contributed by atoms with Gasteiger partial charge in [-0.15, -0.1) is 0 Å². The second-order valence-corrected chi connectivity index (χ2v) is 4.43. The Morgan fingerprint density at radius 3 is 2.59 bits per heavy atom. The molecule has 4 nitrogen and oxygen atoms in total. The van der Waals surface area contributed by atoms with Crippen molar-refractivity contribution in [2.24, 2.45) is 11.7 Å². The first kappa shape index (κ1) is 12.1. The van der Waals surface area contributed by atoms with Gasteiger partial charge < -0.3 is 15.4 Å². The van der Waals surface area contributed by atoms with E-state index < -0.39 is 0 Å². The molecule has 1 heterocycles. The van der Waals surface area contributed by atoms with Gasteiger partial charge in [0, 0.05) is 38.2 Å². The normalized spacial score (nSPS) is 15.8. The number of hydrogen-bond donors (Lipinski definition) is 1. The highest BCUT2D eigenvalue weighted by atomic mass is 16.5. The highest BCUT2D eigenvalue weighted by molar-refractivity contribution is 5.94. The van der Waals surface area contributed by atoms with Crippen molar-refractivity contribution >= 4 is 5.91 Å². The molecule has 0 radical (unpaired) electrons. The maximum Gasteiger partial charge on any atom is 0.253 e. The molecule has 0 unspecified atom stereocenters. The van der Waals surface area contributed by atoms with Crippen molar-refractivity contribution in [3.8, 4) is 0 Å². The van der Waals surface area contributed by atoms with Crippen molar-refractivity contribution in [2.45, 2.75) is 6.54 Å². The van der Waals surface area contributed by atoms with E-state index in [4.69, 9.17) is 10.5 Å². The molecule has 2 N–H and O–H groups in total. The number of ether oxygens (including phenoxy) is 1. The highest BCUT2D eigenvalue weighted by Gasteiger charge is 2.30. The van der Waals surface area contributed by atoms with Crippen LogP contribution >= 0.6 is 0 Å². The lowest BCUT2D eigenvalue weighted by molar-refractivity contribution is 0.0270. The van der Waals surface area contributed by atoms with Crippen LogP contribution in [-0.2, 0) is 11.3 Å². The highest BCUT2D eigenvalue weighted by Crippen LogP contribution is 2.19. The first-order valence-electron chi connectivity index (χ1n) is 5.82. The third-order valence-corrected chi connectivity index (χ3v) is 3.08. The zero-order valence-electron chi connectivity index (χ0n) is 10.1. The molecule has 1 aromatic carbocycles. The molecule has 0 bridgehead atoms. The van der Waals surface area contributed by atoms with E-state index in [0.29, 0.717) is 12.5 Å². The minimum absolute atomic E-state index is 0.0981. The van der Waals surface area contributed by atoms with Gasteiger partial charge in [-0.3, -0.25) is 4.79 Å². The average molecular weight is 234 g/mol. The van der Waals surface area contributed by atoms with Gasteiger partial charge in [-0.25, -0.2) is 0 Å². The van der Waals surface area contributed by atoms with Crippen LogP contribution in [0.5, 0.6) is 0 Å². The van der Waals surface area contributed by atoms with E-state index >= 15 is 0 Å². The second kappa shape index (κ2) is 5.29. The number of methoxy groups -OCH3 is 1. The Hall–Kier alpha value is -1.39. The molecule has 17 heavy (non-hydrogen) atoms. The van der Waals surface area contributed by atoms with Crippen LogP contribution in [0.2, 0.25) is 0 Å². The number of amides is 1. The van der Waals surface area contributed by atoms with Gasteiger partial charge in [-0.2, -0.15) is 0 Å². The van der Waals surface area contributed by atoms with E-state index in [1.807, 2.05) is 29.2 Å². The number of nitrogens with zero attached hydrogens (tertiary/aromatic N) is 1.